The predicted octanol–water partition coefficient (Wildman–Crippen LogP) is 3.73. The molecule has 8 nitrogen and oxygen atoms in total. The molecule has 4 rings (SSSR count). The number of carbonyl (C=O) groups excluding carboxylic acids is 1. The first-order valence-corrected chi connectivity index (χ1v) is 13.1. The summed E-state index contributed by atoms with van der Waals surface area (Å²) in [6.07, 6.45) is -2.83. The molecule has 1 spiro atoms. The van der Waals surface area contributed by atoms with Crippen molar-refractivity contribution in [3.63, 3.8) is 0 Å². The zero-order chi connectivity index (χ0) is 24.4. The van der Waals surface area contributed by atoms with Crippen LogP contribution in [0.15, 0.2) is 12.1 Å². The number of carbonyl (C=O) groups is 1. The zero-order valence-electron chi connectivity index (χ0n) is 16.4. The van der Waals surface area contributed by atoms with Gasteiger partial charge in [-0.25, -0.2) is 0 Å². The summed E-state index contributed by atoms with van der Waals surface area (Å²) in [4.78, 5) is 12.3. The topological polar surface area (TPSA) is 108 Å². The van der Waals surface area contributed by atoms with Gasteiger partial charge < -0.3 is 18.9 Å². The zero-order valence-corrected chi connectivity index (χ0v) is 21.5. The maximum atomic E-state index is 13.5. The lowest BCUT2D eigenvalue weighted by atomic mass is 9.84. The standard InChI is InChI=1S/C18H16F4I2O8S/c19-17(20,18(21,22)33(26,27)28)3-4-29-15(25)8-5-13-16(6-12(8)31-13)30-7-9-11(32-16)2-1-10(23)14(9)24/h1-2,8,12-13H,3-7H2,(H,26,27,28). The van der Waals surface area contributed by atoms with Crippen molar-refractivity contribution in [3.8, 4) is 5.75 Å². The Morgan fingerprint density at radius 3 is 2.58 bits per heavy atom. The maximum absolute atomic E-state index is 13.5. The predicted molar refractivity (Wildman–Crippen MR) is 118 cm³/mol. The molecule has 2 bridgehead atoms. The average Bonchev–Trinajstić information content (AvgIpc) is 3.28. The summed E-state index contributed by atoms with van der Waals surface area (Å²) in [6, 6.07) is 3.72. The van der Waals surface area contributed by atoms with E-state index >= 15 is 0 Å². The molecule has 4 atom stereocenters. The lowest BCUT2D eigenvalue weighted by Crippen LogP contribution is -2.52. The number of ether oxygens (including phenoxy) is 4. The summed E-state index contributed by atoms with van der Waals surface area (Å²) in [5.74, 6) is -7.38. The molecule has 1 aromatic rings. The Kier molecular flexibility index (Phi) is 6.64. The summed E-state index contributed by atoms with van der Waals surface area (Å²) < 4.78 is 108. The molecule has 3 aliphatic rings. The van der Waals surface area contributed by atoms with E-state index in [-0.39, 0.29) is 19.4 Å². The van der Waals surface area contributed by atoms with Gasteiger partial charge in [-0.3, -0.25) is 9.35 Å². The van der Waals surface area contributed by atoms with Crippen molar-refractivity contribution in [1.29, 1.82) is 0 Å². The first-order valence-electron chi connectivity index (χ1n) is 9.53. The molecule has 0 saturated carbocycles. The van der Waals surface area contributed by atoms with E-state index in [0.29, 0.717) is 5.75 Å². The molecule has 3 aliphatic heterocycles. The fraction of sp³-hybridized carbons (Fsp3) is 0.611. The van der Waals surface area contributed by atoms with Crippen LogP contribution >= 0.6 is 45.2 Å². The van der Waals surface area contributed by atoms with E-state index in [4.69, 9.17) is 23.5 Å². The highest BCUT2D eigenvalue weighted by molar-refractivity contribution is 14.1. The third-order valence-electron chi connectivity index (χ3n) is 5.84. The Balaban J connectivity index is 1.35. The van der Waals surface area contributed by atoms with E-state index in [9.17, 15) is 30.8 Å². The highest BCUT2D eigenvalue weighted by Gasteiger charge is 2.66. The Morgan fingerprint density at radius 2 is 1.97 bits per heavy atom. The van der Waals surface area contributed by atoms with Crippen molar-refractivity contribution in [2.75, 3.05) is 6.61 Å². The van der Waals surface area contributed by atoms with Crippen LogP contribution in [-0.4, -0.2) is 54.7 Å². The second-order valence-corrected chi connectivity index (χ2v) is 11.6. The number of rotatable bonds is 6. The second-order valence-electron chi connectivity index (χ2n) is 7.86. The van der Waals surface area contributed by atoms with Crippen molar-refractivity contribution in [2.24, 2.45) is 5.92 Å². The largest absolute Gasteiger partial charge is 0.465 e. The van der Waals surface area contributed by atoms with Gasteiger partial charge in [0.1, 0.15) is 11.9 Å². The van der Waals surface area contributed by atoms with Gasteiger partial charge >= 0.3 is 27.3 Å². The lowest BCUT2D eigenvalue weighted by molar-refractivity contribution is -0.232. The van der Waals surface area contributed by atoms with E-state index in [1.807, 2.05) is 12.1 Å². The monoisotopic (exact) mass is 722 g/mol. The second kappa shape index (κ2) is 8.56. The molecule has 4 unspecified atom stereocenters. The number of hydrogen-bond acceptors (Lipinski definition) is 7. The third kappa shape index (κ3) is 4.34. The number of benzene rings is 1. The van der Waals surface area contributed by atoms with Crippen molar-refractivity contribution in [1.82, 2.24) is 0 Å². The van der Waals surface area contributed by atoms with E-state index in [1.54, 1.807) is 0 Å². The van der Waals surface area contributed by atoms with Gasteiger partial charge in [0.05, 0.1) is 31.7 Å². The Morgan fingerprint density at radius 1 is 1.27 bits per heavy atom. The molecule has 0 aromatic heterocycles. The van der Waals surface area contributed by atoms with Gasteiger partial charge in [0, 0.05) is 19.1 Å². The first kappa shape index (κ1) is 25.6. The minimum absolute atomic E-state index is 0.109. The Labute approximate surface area is 212 Å². The van der Waals surface area contributed by atoms with Gasteiger partial charge in [-0.05, 0) is 63.7 Å². The van der Waals surface area contributed by atoms with Crippen LogP contribution in [0.1, 0.15) is 24.8 Å². The fourth-order valence-electron chi connectivity index (χ4n) is 4.07. The van der Waals surface area contributed by atoms with Crippen molar-refractivity contribution in [3.05, 3.63) is 24.8 Å². The van der Waals surface area contributed by atoms with Crippen molar-refractivity contribution >= 4 is 61.3 Å². The molecule has 1 aromatic carbocycles. The summed E-state index contributed by atoms with van der Waals surface area (Å²) >= 11 is 4.39. The third-order valence-corrected chi connectivity index (χ3v) is 9.95. The molecule has 15 heteroatoms. The summed E-state index contributed by atoms with van der Waals surface area (Å²) in [6.45, 7) is -0.892. The van der Waals surface area contributed by atoms with Gasteiger partial charge in [-0.1, -0.05) is 0 Å². The lowest BCUT2D eigenvalue weighted by Gasteiger charge is -2.40. The average molecular weight is 722 g/mol. The summed E-state index contributed by atoms with van der Waals surface area (Å²) in [5, 5.41) is -5.71. The minimum atomic E-state index is -6.35. The fourth-order valence-corrected chi connectivity index (χ4v) is 5.66. The van der Waals surface area contributed by atoms with Gasteiger partial charge in [-0.15, -0.1) is 0 Å². The molecule has 33 heavy (non-hydrogen) atoms. The van der Waals surface area contributed by atoms with Crippen LogP contribution in [0.5, 0.6) is 5.75 Å². The summed E-state index contributed by atoms with van der Waals surface area (Å²) in [5.41, 5.74) is 0.898. The van der Waals surface area contributed by atoms with Gasteiger partial charge in [-0.2, -0.15) is 26.0 Å². The number of alkyl halides is 4. The van der Waals surface area contributed by atoms with Gasteiger partial charge in [0.15, 0.2) is 0 Å². The maximum Gasteiger partial charge on any atom is 0.431 e. The summed E-state index contributed by atoms with van der Waals surface area (Å²) in [7, 11) is -6.35. The van der Waals surface area contributed by atoms with E-state index in [0.717, 1.165) is 12.7 Å². The smallest absolute Gasteiger partial charge is 0.431 e. The van der Waals surface area contributed by atoms with E-state index in [2.05, 4.69) is 45.2 Å². The van der Waals surface area contributed by atoms with Crippen LogP contribution < -0.4 is 4.74 Å². The molecule has 184 valence electrons. The van der Waals surface area contributed by atoms with Crippen LogP contribution in [0.4, 0.5) is 17.6 Å². The van der Waals surface area contributed by atoms with E-state index in [1.165, 1.54) is 0 Å². The Hall–Kier alpha value is -0.500. The number of halogens is 6. The minimum Gasteiger partial charge on any atom is -0.465 e. The number of esters is 1. The van der Waals surface area contributed by atoms with Gasteiger partial charge in [0.2, 0.25) is 5.79 Å². The highest BCUT2D eigenvalue weighted by Crippen LogP contribution is 2.51. The molecule has 0 aliphatic carbocycles. The van der Waals surface area contributed by atoms with Crippen molar-refractivity contribution < 1.29 is 54.3 Å². The molecule has 2 fully saturated rings. The van der Waals surface area contributed by atoms with Gasteiger partial charge in [0.25, 0.3) is 0 Å². The molecule has 0 amide bonds. The Bertz CT molecular complexity index is 1090. The first-order chi connectivity index (χ1) is 15.2. The normalized spacial score (nSPS) is 29.1. The van der Waals surface area contributed by atoms with Crippen LogP contribution in [0.3, 0.4) is 0 Å². The number of fused-ring (bicyclic) bond motifs is 4. The van der Waals surface area contributed by atoms with Crippen LogP contribution in [0, 0.1) is 13.1 Å². The molecule has 3 heterocycles. The molecule has 1 N–H and O–H groups in total. The van der Waals surface area contributed by atoms with E-state index < -0.39 is 64.2 Å². The van der Waals surface area contributed by atoms with Crippen molar-refractivity contribution in [2.45, 2.75) is 55.0 Å². The SMILES string of the molecule is O=C(OCCC(F)(F)C(F)(F)S(=O)(=O)O)C1CC2OC1CC21OCc2c(ccc(I)c2I)O1. The molecule has 0 radical (unpaired) electrons. The molecular formula is C18H16F4I2O8S. The number of hydrogen-bond donors (Lipinski definition) is 1. The van der Waals surface area contributed by atoms with Crippen LogP contribution in [0.25, 0.3) is 0 Å². The highest BCUT2D eigenvalue weighted by atomic mass is 127. The molecule has 2 saturated heterocycles. The quantitative estimate of drug-likeness (QED) is 0.205. The molecular weight excluding hydrogens is 706 g/mol. The van der Waals surface area contributed by atoms with Crippen LogP contribution in [0.2, 0.25) is 0 Å². The van der Waals surface area contributed by atoms with Crippen LogP contribution in [-0.2, 0) is 35.7 Å².